The van der Waals surface area contributed by atoms with Gasteiger partial charge >= 0.3 is 0 Å². The van der Waals surface area contributed by atoms with Crippen molar-refractivity contribution in [2.45, 2.75) is 18.4 Å². The molecule has 0 spiro atoms. The van der Waals surface area contributed by atoms with Gasteiger partial charge in [0.2, 0.25) is 10.0 Å². The summed E-state index contributed by atoms with van der Waals surface area (Å²) >= 11 is 0. The molecule has 0 radical (unpaired) electrons. The fraction of sp³-hybridized carbons (Fsp3) is 0.214. The first-order valence-corrected chi connectivity index (χ1v) is 7.70. The van der Waals surface area contributed by atoms with E-state index in [0.717, 1.165) is 11.3 Å². The Morgan fingerprint density at radius 2 is 1.90 bits per heavy atom. The van der Waals surface area contributed by atoms with Gasteiger partial charge in [0.1, 0.15) is 4.90 Å². The predicted octanol–water partition coefficient (Wildman–Crippen LogP) is 1.91. The number of nitrogens with zero attached hydrogens (tertiary/aromatic N) is 1. The fourth-order valence-electron chi connectivity index (χ4n) is 1.85. The largest absolute Gasteiger partial charge is 0.387 e. The molecule has 2 rings (SSSR count). The Hall–Kier alpha value is -1.92. The van der Waals surface area contributed by atoms with Gasteiger partial charge in [-0.2, -0.15) is 0 Å². The molecule has 0 aliphatic rings. The molecule has 0 fully saturated rings. The van der Waals surface area contributed by atoms with Gasteiger partial charge in [-0.1, -0.05) is 18.2 Å². The average Bonchev–Trinajstić information content (AvgIpc) is 2.46. The molecular weight excluding hydrogens is 274 g/mol. The van der Waals surface area contributed by atoms with E-state index < -0.39 is 10.0 Å². The minimum absolute atomic E-state index is 0.174. The van der Waals surface area contributed by atoms with Crippen molar-refractivity contribution < 1.29 is 8.42 Å². The van der Waals surface area contributed by atoms with E-state index in [4.69, 9.17) is 0 Å². The molecule has 0 unspecified atom stereocenters. The zero-order chi connectivity index (χ0) is 14.6. The van der Waals surface area contributed by atoms with E-state index in [-0.39, 0.29) is 11.4 Å². The zero-order valence-electron chi connectivity index (χ0n) is 11.4. The maximum Gasteiger partial charge on any atom is 0.242 e. The van der Waals surface area contributed by atoms with Gasteiger partial charge in [0, 0.05) is 13.2 Å². The van der Waals surface area contributed by atoms with Crippen molar-refractivity contribution >= 4 is 15.7 Å². The highest BCUT2D eigenvalue weighted by molar-refractivity contribution is 7.89. The van der Waals surface area contributed by atoms with Gasteiger partial charge < -0.3 is 5.32 Å². The van der Waals surface area contributed by atoms with Gasteiger partial charge in [-0.15, -0.1) is 0 Å². The summed E-state index contributed by atoms with van der Waals surface area (Å²) in [6, 6.07) is 10.5. The second-order valence-electron chi connectivity index (χ2n) is 4.34. The van der Waals surface area contributed by atoms with Crippen molar-refractivity contribution in [2.75, 3.05) is 12.4 Å². The van der Waals surface area contributed by atoms with Gasteiger partial charge in [-0.05, 0) is 30.7 Å². The molecule has 0 saturated carbocycles. The minimum Gasteiger partial charge on any atom is -0.387 e. The monoisotopic (exact) mass is 291 g/mol. The number of sulfonamides is 1. The van der Waals surface area contributed by atoms with Crippen molar-refractivity contribution in [1.82, 2.24) is 9.71 Å². The number of nitrogens with one attached hydrogen (secondary N) is 2. The number of hydrogen-bond acceptors (Lipinski definition) is 4. The first-order valence-electron chi connectivity index (χ1n) is 6.21. The third-order valence-corrected chi connectivity index (χ3v) is 4.45. The third kappa shape index (κ3) is 3.15. The second kappa shape index (κ2) is 6.02. The maximum absolute atomic E-state index is 12.3. The van der Waals surface area contributed by atoms with Gasteiger partial charge in [0.15, 0.2) is 0 Å². The van der Waals surface area contributed by atoms with E-state index in [2.05, 4.69) is 15.0 Å². The number of pyridine rings is 1. The molecule has 1 aromatic carbocycles. The number of hydrogen-bond donors (Lipinski definition) is 2. The van der Waals surface area contributed by atoms with Crippen LogP contribution in [0, 0.1) is 6.92 Å². The van der Waals surface area contributed by atoms with E-state index in [0.29, 0.717) is 5.69 Å². The number of aryl methyl sites for hydroxylation is 1. The Morgan fingerprint density at radius 3 is 2.60 bits per heavy atom. The van der Waals surface area contributed by atoms with Gasteiger partial charge in [0.25, 0.3) is 0 Å². The fourth-order valence-corrected chi connectivity index (χ4v) is 3.05. The predicted molar refractivity (Wildman–Crippen MR) is 79.0 cm³/mol. The lowest BCUT2D eigenvalue weighted by molar-refractivity contribution is 0.580. The summed E-state index contributed by atoms with van der Waals surface area (Å²) in [5, 5.41) is 2.88. The van der Waals surface area contributed by atoms with Crippen LogP contribution in [0.15, 0.2) is 47.5 Å². The Kier molecular flexibility index (Phi) is 4.36. The Morgan fingerprint density at radius 1 is 1.15 bits per heavy atom. The van der Waals surface area contributed by atoms with Crippen molar-refractivity contribution in [3.63, 3.8) is 0 Å². The standard InChI is InChI=1S/C14H17N3O2S/c1-11-6-5-9-16-13(11)10-17-20(18,19)14-8-4-3-7-12(14)15-2/h3-9,15,17H,10H2,1-2H3. The summed E-state index contributed by atoms with van der Waals surface area (Å²) < 4.78 is 27.2. The number of benzene rings is 1. The summed E-state index contributed by atoms with van der Waals surface area (Å²) in [4.78, 5) is 4.41. The molecule has 0 amide bonds. The SMILES string of the molecule is CNc1ccccc1S(=O)(=O)NCc1ncccc1C. The van der Waals surface area contributed by atoms with Gasteiger partial charge in [-0.25, -0.2) is 13.1 Å². The summed E-state index contributed by atoms with van der Waals surface area (Å²) in [6.07, 6.45) is 1.65. The number of para-hydroxylation sites is 1. The Labute approximate surface area is 119 Å². The van der Waals surface area contributed by atoms with Crippen LogP contribution >= 0.6 is 0 Å². The summed E-state index contributed by atoms with van der Waals surface area (Å²) in [6.45, 7) is 2.07. The number of rotatable bonds is 5. The smallest absolute Gasteiger partial charge is 0.242 e. The zero-order valence-corrected chi connectivity index (χ0v) is 12.2. The highest BCUT2D eigenvalue weighted by Crippen LogP contribution is 2.20. The van der Waals surface area contributed by atoms with E-state index in [1.807, 2.05) is 19.1 Å². The van der Waals surface area contributed by atoms with Crippen LogP contribution in [0.2, 0.25) is 0 Å². The molecule has 2 N–H and O–H groups in total. The molecule has 0 aliphatic carbocycles. The van der Waals surface area contributed by atoms with Crippen LogP contribution < -0.4 is 10.0 Å². The van der Waals surface area contributed by atoms with Crippen LogP contribution in [0.4, 0.5) is 5.69 Å². The van der Waals surface area contributed by atoms with Crippen LogP contribution in [-0.2, 0) is 16.6 Å². The van der Waals surface area contributed by atoms with Crippen molar-refractivity contribution in [3.8, 4) is 0 Å². The van der Waals surface area contributed by atoms with Gasteiger partial charge in [0.05, 0.1) is 17.9 Å². The molecule has 5 nitrogen and oxygen atoms in total. The second-order valence-corrected chi connectivity index (χ2v) is 6.07. The summed E-state index contributed by atoms with van der Waals surface area (Å²) in [5.74, 6) is 0. The summed E-state index contributed by atoms with van der Waals surface area (Å²) in [5.41, 5.74) is 2.24. The molecule has 0 bridgehead atoms. The van der Waals surface area contributed by atoms with Crippen LogP contribution in [-0.4, -0.2) is 20.4 Å². The van der Waals surface area contributed by atoms with Crippen LogP contribution in [0.25, 0.3) is 0 Å². The molecule has 0 saturated heterocycles. The molecule has 0 atom stereocenters. The van der Waals surface area contributed by atoms with Crippen molar-refractivity contribution in [3.05, 3.63) is 53.9 Å². The van der Waals surface area contributed by atoms with Crippen LogP contribution in [0.5, 0.6) is 0 Å². The van der Waals surface area contributed by atoms with Crippen molar-refractivity contribution in [2.24, 2.45) is 0 Å². The lowest BCUT2D eigenvalue weighted by atomic mass is 10.2. The summed E-state index contributed by atoms with van der Waals surface area (Å²) in [7, 11) is -1.88. The van der Waals surface area contributed by atoms with Crippen LogP contribution in [0.1, 0.15) is 11.3 Å². The molecular formula is C14H17N3O2S. The average molecular weight is 291 g/mol. The Bertz CT molecular complexity index is 699. The van der Waals surface area contributed by atoms with E-state index >= 15 is 0 Å². The van der Waals surface area contributed by atoms with Gasteiger partial charge in [-0.3, -0.25) is 4.98 Å². The minimum atomic E-state index is -3.57. The number of anilines is 1. The molecule has 106 valence electrons. The quantitative estimate of drug-likeness (QED) is 0.883. The Balaban J connectivity index is 2.22. The lowest BCUT2D eigenvalue weighted by Crippen LogP contribution is -2.24. The first-order chi connectivity index (χ1) is 9.54. The molecule has 1 aromatic heterocycles. The highest BCUT2D eigenvalue weighted by Gasteiger charge is 2.17. The van der Waals surface area contributed by atoms with E-state index in [9.17, 15) is 8.42 Å². The normalized spacial score (nSPS) is 11.3. The third-order valence-electron chi connectivity index (χ3n) is 2.99. The molecule has 0 aliphatic heterocycles. The molecule has 20 heavy (non-hydrogen) atoms. The highest BCUT2D eigenvalue weighted by atomic mass is 32.2. The lowest BCUT2D eigenvalue weighted by Gasteiger charge is -2.11. The number of aromatic nitrogens is 1. The van der Waals surface area contributed by atoms with Crippen molar-refractivity contribution in [1.29, 1.82) is 0 Å². The molecule has 2 aromatic rings. The molecule has 6 heteroatoms. The maximum atomic E-state index is 12.3. The first kappa shape index (κ1) is 14.5. The van der Waals surface area contributed by atoms with E-state index in [1.165, 1.54) is 0 Å². The van der Waals surface area contributed by atoms with Crippen LogP contribution in [0.3, 0.4) is 0 Å². The van der Waals surface area contributed by atoms with E-state index in [1.54, 1.807) is 37.5 Å². The topological polar surface area (TPSA) is 71.1 Å². The molecule has 1 heterocycles.